The molecule has 0 aliphatic heterocycles. The van der Waals surface area contributed by atoms with Crippen molar-refractivity contribution < 1.29 is 9.90 Å². The van der Waals surface area contributed by atoms with Crippen LogP contribution in [0.15, 0.2) is 40.9 Å². The summed E-state index contributed by atoms with van der Waals surface area (Å²) in [6, 6.07) is 10.6. The molecular formula is C16H16BrNO2. The van der Waals surface area contributed by atoms with E-state index < -0.39 is 0 Å². The van der Waals surface area contributed by atoms with Crippen molar-refractivity contribution in [2.75, 3.05) is 5.32 Å². The molecule has 0 fully saturated rings. The molecule has 2 N–H and O–H groups in total. The maximum Gasteiger partial charge on any atom is 0.228 e. The predicted octanol–water partition coefficient (Wildman–Crippen LogP) is 3.95. The van der Waals surface area contributed by atoms with Crippen LogP contribution in [0.3, 0.4) is 0 Å². The first-order chi connectivity index (χ1) is 9.45. The third-order valence-electron chi connectivity index (χ3n) is 3.06. The zero-order valence-corrected chi connectivity index (χ0v) is 13.0. The lowest BCUT2D eigenvalue weighted by atomic mass is 10.1. The Morgan fingerprint density at radius 3 is 2.25 bits per heavy atom. The standard InChI is InChI=1S/C16H16BrNO2/c1-10-7-13(17)8-11(2)16(10)18-15(20)9-12-3-5-14(19)6-4-12/h3-8,19H,9H2,1-2H3,(H,18,20). The summed E-state index contributed by atoms with van der Waals surface area (Å²) in [6.07, 6.45) is 0.287. The van der Waals surface area contributed by atoms with Crippen molar-refractivity contribution in [2.45, 2.75) is 20.3 Å². The van der Waals surface area contributed by atoms with Crippen LogP contribution >= 0.6 is 15.9 Å². The molecule has 0 unspecified atom stereocenters. The molecule has 3 nitrogen and oxygen atoms in total. The van der Waals surface area contributed by atoms with Gasteiger partial charge in [0.1, 0.15) is 5.75 Å². The zero-order valence-electron chi connectivity index (χ0n) is 11.4. The minimum atomic E-state index is -0.0655. The van der Waals surface area contributed by atoms with E-state index in [1.807, 2.05) is 26.0 Å². The SMILES string of the molecule is Cc1cc(Br)cc(C)c1NC(=O)Cc1ccc(O)cc1. The first-order valence-corrected chi connectivity index (χ1v) is 7.09. The smallest absolute Gasteiger partial charge is 0.228 e. The molecule has 0 bridgehead atoms. The van der Waals surface area contributed by atoms with Crippen LogP contribution in [0.1, 0.15) is 16.7 Å². The quantitative estimate of drug-likeness (QED) is 0.893. The Morgan fingerprint density at radius 1 is 1.15 bits per heavy atom. The number of aromatic hydroxyl groups is 1. The highest BCUT2D eigenvalue weighted by molar-refractivity contribution is 9.10. The molecule has 0 aromatic heterocycles. The lowest BCUT2D eigenvalue weighted by Gasteiger charge is -2.12. The number of phenolic OH excluding ortho intramolecular Hbond substituents is 1. The summed E-state index contributed by atoms with van der Waals surface area (Å²) in [4.78, 5) is 12.1. The van der Waals surface area contributed by atoms with E-state index in [0.29, 0.717) is 0 Å². The van der Waals surface area contributed by atoms with Crippen molar-refractivity contribution in [1.29, 1.82) is 0 Å². The van der Waals surface area contributed by atoms with Gasteiger partial charge in [-0.3, -0.25) is 4.79 Å². The topological polar surface area (TPSA) is 49.3 Å². The number of nitrogens with one attached hydrogen (secondary N) is 1. The molecule has 1 amide bonds. The Labute approximate surface area is 126 Å². The van der Waals surface area contributed by atoms with E-state index in [1.165, 1.54) is 0 Å². The normalized spacial score (nSPS) is 10.3. The van der Waals surface area contributed by atoms with Crippen LogP contribution < -0.4 is 5.32 Å². The number of rotatable bonds is 3. The van der Waals surface area contributed by atoms with Gasteiger partial charge in [0, 0.05) is 10.2 Å². The molecule has 0 atom stereocenters. The van der Waals surface area contributed by atoms with E-state index >= 15 is 0 Å². The van der Waals surface area contributed by atoms with Crippen molar-refractivity contribution in [3.63, 3.8) is 0 Å². The molecule has 20 heavy (non-hydrogen) atoms. The van der Waals surface area contributed by atoms with Gasteiger partial charge in [-0.2, -0.15) is 0 Å². The van der Waals surface area contributed by atoms with Gasteiger partial charge in [-0.1, -0.05) is 28.1 Å². The molecule has 0 spiro atoms. The number of benzene rings is 2. The Balaban J connectivity index is 2.10. The number of carbonyl (C=O) groups excluding carboxylic acids is 1. The highest BCUT2D eigenvalue weighted by atomic mass is 79.9. The van der Waals surface area contributed by atoms with Gasteiger partial charge in [0.15, 0.2) is 0 Å². The summed E-state index contributed by atoms with van der Waals surface area (Å²) in [7, 11) is 0. The fraction of sp³-hybridized carbons (Fsp3) is 0.188. The molecule has 104 valence electrons. The van der Waals surface area contributed by atoms with Crippen LogP contribution in [0.4, 0.5) is 5.69 Å². The lowest BCUT2D eigenvalue weighted by molar-refractivity contribution is -0.115. The second-order valence-corrected chi connectivity index (χ2v) is 5.72. The van der Waals surface area contributed by atoms with Crippen molar-refractivity contribution in [3.8, 4) is 5.75 Å². The van der Waals surface area contributed by atoms with Crippen LogP contribution in [0.2, 0.25) is 0 Å². The van der Waals surface area contributed by atoms with Gasteiger partial charge in [0.05, 0.1) is 6.42 Å². The number of amides is 1. The minimum Gasteiger partial charge on any atom is -0.508 e. The second kappa shape index (κ2) is 6.09. The number of anilines is 1. The average molecular weight is 334 g/mol. The van der Waals surface area contributed by atoms with Crippen molar-refractivity contribution in [3.05, 3.63) is 57.6 Å². The van der Waals surface area contributed by atoms with Crippen LogP contribution in [0.5, 0.6) is 5.75 Å². The van der Waals surface area contributed by atoms with Crippen LogP contribution in [0, 0.1) is 13.8 Å². The third kappa shape index (κ3) is 3.61. The van der Waals surface area contributed by atoms with Gasteiger partial charge < -0.3 is 10.4 Å². The van der Waals surface area contributed by atoms with Crippen LogP contribution in [0.25, 0.3) is 0 Å². The second-order valence-electron chi connectivity index (χ2n) is 4.81. The van der Waals surface area contributed by atoms with Crippen LogP contribution in [-0.2, 0) is 11.2 Å². The van der Waals surface area contributed by atoms with E-state index in [4.69, 9.17) is 0 Å². The minimum absolute atomic E-state index is 0.0655. The fourth-order valence-electron chi connectivity index (χ4n) is 2.09. The van der Waals surface area contributed by atoms with Crippen LogP contribution in [-0.4, -0.2) is 11.0 Å². The van der Waals surface area contributed by atoms with Gasteiger partial charge in [0.25, 0.3) is 0 Å². The first-order valence-electron chi connectivity index (χ1n) is 6.30. The Hall–Kier alpha value is -1.81. The first kappa shape index (κ1) is 14.6. The molecule has 2 aromatic rings. The van der Waals surface area contributed by atoms with E-state index in [-0.39, 0.29) is 18.1 Å². The molecule has 0 radical (unpaired) electrons. The summed E-state index contributed by atoms with van der Waals surface area (Å²) >= 11 is 3.44. The highest BCUT2D eigenvalue weighted by Crippen LogP contribution is 2.25. The molecular weight excluding hydrogens is 318 g/mol. The van der Waals surface area contributed by atoms with Crippen molar-refractivity contribution in [1.82, 2.24) is 0 Å². The zero-order chi connectivity index (χ0) is 14.7. The lowest BCUT2D eigenvalue weighted by Crippen LogP contribution is -2.16. The number of carbonyl (C=O) groups is 1. The number of halogens is 1. The van der Waals surface area contributed by atoms with Gasteiger partial charge in [0.2, 0.25) is 5.91 Å². The molecule has 0 saturated heterocycles. The summed E-state index contributed by atoms with van der Waals surface area (Å²) in [6.45, 7) is 3.93. The largest absolute Gasteiger partial charge is 0.508 e. The van der Waals surface area contributed by atoms with E-state index in [1.54, 1.807) is 24.3 Å². The predicted molar refractivity (Wildman–Crippen MR) is 84.1 cm³/mol. The molecule has 2 aromatic carbocycles. The van der Waals surface area contributed by atoms with E-state index in [2.05, 4.69) is 21.2 Å². The summed E-state index contributed by atoms with van der Waals surface area (Å²) in [5, 5.41) is 12.2. The molecule has 0 heterocycles. The molecule has 4 heteroatoms. The van der Waals surface area contributed by atoms with Gasteiger partial charge in [-0.25, -0.2) is 0 Å². The van der Waals surface area contributed by atoms with E-state index in [0.717, 1.165) is 26.9 Å². The highest BCUT2D eigenvalue weighted by Gasteiger charge is 2.09. The average Bonchev–Trinajstić information content (AvgIpc) is 2.36. The maximum atomic E-state index is 12.1. The molecule has 0 saturated carbocycles. The number of phenols is 1. The molecule has 0 aliphatic rings. The summed E-state index contributed by atoms with van der Waals surface area (Å²) < 4.78 is 1.00. The molecule has 2 rings (SSSR count). The number of aryl methyl sites for hydroxylation is 2. The Bertz CT molecular complexity index is 612. The van der Waals surface area contributed by atoms with E-state index in [9.17, 15) is 9.90 Å². The van der Waals surface area contributed by atoms with Crippen molar-refractivity contribution in [2.24, 2.45) is 0 Å². The monoisotopic (exact) mass is 333 g/mol. The number of hydrogen-bond donors (Lipinski definition) is 2. The maximum absolute atomic E-state index is 12.1. The fourth-order valence-corrected chi connectivity index (χ4v) is 2.78. The van der Waals surface area contributed by atoms with Crippen molar-refractivity contribution >= 4 is 27.5 Å². The number of hydrogen-bond acceptors (Lipinski definition) is 2. The molecule has 0 aliphatic carbocycles. The van der Waals surface area contributed by atoms with Gasteiger partial charge in [-0.05, 0) is 54.8 Å². The third-order valence-corrected chi connectivity index (χ3v) is 3.52. The van der Waals surface area contributed by atoms with Gasteiger partial charge >= 0.3 is 0 Å². The summed E-state index contributed by atoms with van der Waals surface area (Å²) in [5.74, 6) is 0.137. The summed E-state index contributed by atoms with van der Waals surface area (Å²) in [5.41, 5.74) is 3.77. The Morgan fingerprint density at radius 2 is 1.70 bits per heavy atom. The van der Waals surface area contributed by atoms with Gasteiger partial charge in [-0.15, -0.1) is 0 Å². The Kier molecular flexibility index (Phi) is 4.45.